The minimum atomic E-state index is -4.71. The SMILES string of the molecule is CCOC(=O)c1c(O)cccc1C(F)(F)F. The molecule has 3 nitrogen and oxygen atoms in total. The molecular weight excluding hydrogens is 225 g/mol. The fourth-order valence-corrected chi connectivity index (χ4v) is 1.19. The molecule has 0 aliphatic rings. The van der Waals surface area contributed by atoms with Gasteiger partial charge in [0.2, 0.25) is 0 Å². The highest BCUT2D eigenvalue weighted by molar-refractivity contribution is 5.94. The van der Waals surface area contributed by atoms with Crippen molar-refractivity contribution in [2.75, 3.05) is 6.61 Å². The second-order valence-corrected chi connectivity index (χ2v) is 2.92. The predicted molar refractivity (Wildman–Crippen MR) is 49.1 cm³/mol. The van der Waals surface area contributed by atoms with E-state index >= 15 is 0 Å². The van der Waals surface area contributed by atoms with Crippen molar-refractivity contribution < 1.29 is 27.8 Å². The zero-order valence-electron chi connectivity index (χ0n) is 8.34. The van der Waals surface area contributed by atoms with E-state index in [0.717, 1.165) is 12.1 Å². The molecule has 0 bridgehead atoms. The number of aromatic hydroxyl groups is 1. The van der Waals surface area contributed by atoms with E-state index in [2.05, 4.69) is 4.74 Å². The molecule has 0 saturated carbocycles. The Labute approximate surface area is 89.5 Å². The Morgan fingerprint density at radius 1 is 1.44 bits per heavy atom. The van der Waals surface area contributed by atoms with Crippen LogP contribution in [0.1, 0.15) is 22.8 Å². The fraction of sp³-hybridized carbons (Fsp3) is 0.300. The number of rotatable bonds is 2. The average Bonchev–Trinajstić information content (AvgIpc) is 2.16. The van der Waals surface area contributed by atoms with Crippen LogP contribution in [0.2, 0.25) is 0 Å². The second-order valence-electron chi connectivity index (χ2n) is 2.92. The van der Waals surface area contributed by atoms with Crippen molar-refractivity contribution in [3.8, 4) is 5.75 Å². The molecule has 1 rings (SSSR count). The van der Waals surface area contributed by atoms with Crippen molar-refractivity contribution in [1.29, 1.82) is 0 Å². The van der Waals surface area contributed by atoms with Crippen LogP contribution in [0.15, 0.2) is 18.2 Å². The van der Waals surface area contributed by atoms with Crippen LogP contribution in [0.5, 0.6) is 5.75 Å². The highest BCUT2D eigenvalue weighted by Gasteiger charge is 2.37. The molecule has 0 saturated heterocycles. The Bertz CT molecular complexity index is 399. The van der Waals surface area contributed by atoms with Crippen LogP contribution in [0, 0.1) is 0 Å². The Morgan fingerprint density at radius 2 is 2.06 bits per heavy atom. The molecule has 1 N–H and O–H groups in total. The first-order valence-electron chi connectivity index (χ1n) is 4.44. The van der Waals surface area contributed by atoms with Gasteiger partial charge in [0.1, 0.15) is 11.3 Å². The van der Waals surface area contributed by atoms with Crippen LogP contribution in [0.25, 0.3) is 0 Å². The summed E-state index contributed by atoms with van der Waals surface area (Å²) in [5.74, 6) is -1.93. The summed E-state index contributed by atoms with van der Waals surface area (Å²) in [4.78, 5) is 11.3. The van der Waals surface area contributed by atoms with E-state index in [1.165, 1.54) is 6.92 Å². The first-order chi connectivity index (χ1) is 7.38. The summed E-state index contributed by atoms with van der Waals surface area (Å²) in [6, 6.07) is 2.73. The number of alkyl halides is 3. The van der Waals surface area contributed by atoms with Gasteiger partial charge in [0, 0.05) is 0 Å². The highest BCUT2D eigenvalue weighted by Crippen LogP contribution is 2.35. The lowest BCUT2D eigenvalue weighted by atomic mass is 10.1. The number of carbonyl (C=O) groups is 1. The van der Waals surface area contributed by atoms with Gasteiger partial charge in [-0.15, -0.1) is 0 Å². The second kappa shape index (κ2) is 4.42. The minimum Gasteiger partial charge on any atom is -0.507 e. The molecule has 6 heteroatoms. The maximum atomic E-state index is 12.5. The van der Waals surface area contributed by atoms with Crippen molar-refractivity contribution in [3.05, 3.63) is 29.3 Å². The summed E-state index contributed by atoms with van der Waals surface area (Å²) in [7, 11) is 0. The van der Waals surface area contributed by atoms with Gasteiger partial charge in [0.25, 0.3) is 0 Å². The zero-order chi connectivity index (χ0) is 12.3. The quantitative estimate of drug-likeness (QED) is 0.800. The molecule has 1 aromatic rings. The normalized spacial score (nSPS) is 11.2. The van der Waals surface area contributed by atoms with Crippen LogP contribution in [-0.2, 0) is 10.9 Å². The largest absolute Gasteiger partial charge is 0.507 e. The monoisotopic (exact) mass is 234 g/mol. The molecule has 88 valence electrons. The van der Waals surface area contributed by atoms with Crippen molar-refractivity contribution in [2.45, 2.75) is 13.1 Å². The molecule has 0 unspecified atom stereocenters. The van der Waals surface area contributed by atoms with E-state index in [4.69, 9.17) is 0 Å². The Hall–Kier alpha value is -1.72. The van der Waals surface area contributed by atoms with Crippen LogP contribution in [0.4, 0.5) is 13.2 Å². The van der Waals surface area contributed by atoms with Gasteiger partial charge < -0.3 is 9.84 Å². The molecule has 0 atom stereocenters. The molecule has 0 aliphatic heterocycles. The summed E-state index contributed by atoms with van der Waals surface area (Å²) in [6.45, 7) is 1.40. The number of carbonyl (C=O) groups excluding carboxylic acids is 1. The lowest BCUT2D eigenvalue weighted by Crippen LogP contribution is -2.15. The van der Waals surface area contributed by atoms with Gasteiger partial charge >= 0.3 is 12.1 Å². The van der Waals surface area contributed by atoms with Gasteiger partial charge in [-0.3, -0.25) is 0 Å². The summed E-state index contributed by atoms with van der Waals surface area (Å²) in [6.07, 6.45) is -4.71. The fourth-order valence-electron chi connectivity index (χ4n) is 1.19. The number of hydrogen-bond donors (Lipinski definition) is 1. The van der Waals surface area contributed by atoms with Gasteiger partial charge in [0.05, 0.1) is 12.2 Å². The maximum Gasteiger partial charge on any atom is 0.417 e. The van der Waals surface area contributed by atoms with Crippen molar-refractivity contribution in [2.24, 2.45) is 0 Å². The van der Waals surface area contributed by atoms with Gasteiger partial charge in [-0.05, 0) is 19.1 Å². The third-order valence-corrected chi connectivity index (χ3v) is 1.83. The van der Waals surface area contributed by atoms with Gasteiger partial charge in [-0.1, -0.05) is 6.07 Å². The van der Waals surface area contributed by atoms with Crippen molar-refractivity contribution in [3.63, 3.8) is 0 Å². The summed E-state index contributed by atoms with van der Waals surface area (Å²) >= 11 is 0. The summed E-state index contributed by atoms with van der Waals surface area (Å²) < 4.78 is 42.0. The van der Waals surface area contributed by atoms with E-state index < -0.39 is 29.0 Å². The topological polar surface area (TPSA) is 46.5 Å². The van der Waals surface area contributed by atoms with E-state index in [0.29, 0.717) is 6.07 Å². The first-order valence-corrected chi connectivity index (χ1v) is 4.44. The smallest absolute Gasteiger partial charge is 0.417 e. The highest BCUT2D eigenvalue weighted by atomic mass is 19.4. The number of halogens is 3. The van der Waals surface area contributed by atoms with E-state index in [1.54, 1.807) is 0 Å². The Kier molecular flexibility index (Phi) is 3.41. The van der Waals surface area contributed by atoms with E-state index in [1.807, 2.05) is 0 Å². The average molecular weight is 234 g/mol. The Balaban J connectivity index is 3.30. The molecule has 0 spiro atoms. The molecule has 0 amide bonds. The van der Waals surface area contributed by atoms with Crippen LogP contribution in [0.3, 0.4) is 0 Å². The van der Waals surface area contributed by atoms with Crippen molar-refractivity contribution in [1.82, 2.24) is 0 Å². The molecule has 16 heavy (non-hydrogen) atoms. The zero-order valence-corrected chi connectivity index (χ0v) is 8.34. The summed E-state index contributed by atoms with van der Waals surface area (Å²) in [5.41, 5.74) is -2.05. The molecule has 0 heterocycles. The predicted octanol–water partition coefficient (Wildman–Crippen LogP) is 2.59. The van der Waals surface area contributed by atoms with Gasteiger partial charge in [0.15, 0.2) is 0 Å². The van der Waals surface area contributed by atoms with Crippen LogP contribution < -0.4 is 0 Å². The van der Waals surface area contributed by atoms with Crippen LogP contribution in [-0.4, -0.2) is 17.7 Å². The molecule has 0 aliphatic carbocycles. The molecule has 1 aromatic carbocycles. The lowest BCUT2D eigenvalue weighted by Gasteiger charge is -2.12. The lowest BCUT2D eigenvalue weighted by molar-refractivity contribution is -0.138. The number of benzene rings is 1. The summed E-state index contributed by atoms with van der Waals surface area (Å²) in [5, 5.41) is 9.25. The standard InChI is InChI=1S/C10H9F3O3/c1-2-16-9(15)8-6(10(11,12)13)4-3-5-7(8)14/h3-5,14H,2H2,1H3. The minimum absolute atomic E-state index is 0.0650. The number of phenolic OH excluding ortho intramolecular Hbond substituents is 1. The van der Waals surface area contributed by atoms with Gasteiger partial charge in [-0.2, -0.15) is 13.2 Å². The van der Waals surface area contributed by atoms with Gasteiger partial charge in [-0.25, -0.2) is 4.79 Å². The third kappa shape index (κ3) is 2.44. The van der Waals surface area contributed by atoms with E-state index in [9.17, 15) is 23.1 Å². The molecule has 0 aromatic heterocycles. The van der Waals surface area contributed by atoms with E-state index in [-0.39, 0.29) is 6.61 Å². The Morgan fingerprint density at radius 3 is 2.56 bits per heavy atom. The first kappa shape index (κ1) is 12.4. The molecular formula is C10H9F3O3. The number of ether oxygens (including phenoxy) is 1. The number of phenols is 1. The van der Waals surface area contributed by atoms with Crippen molar-refractivity contribution >= 4 is 5.97 Å². The molecule has 0 radical (unpaired) electrons. The number of esters is 1. The number of hydrogen-bond acceptors (Lipinski definition) is 3. The molecule has 0 fully saturated rings. The van der Waals surface area contributed by atoms with Crippen LogP contribution >= 0.6 is 0 Å². The maximum absolute atomic E-state index is 12.5. The third-order valence-electron chi connectivity index (χ3n) is 1.83.